The topological polar surface area (TPSA) is 66.5 Å². The first-order chi connectivity index (χ1) is 12.2. The summed E-state index contributed by atoms with van der Waals surface area (Å²) in [6, 6.07) is 9.90. The minimum absolute atomic E-state index is 0.105. The fourth-order valence-electron chi connectivity index (χ4n) is 2.79. The summed E-state index contributed by atoms with van der Waals surface area (Å²) < 4.78 is 28.2. The van der Waals surface area contributed by atoms with Crippen LogP contribution in [0, 0.1) is 6.92 Å². The van der Waals surface area contributed by atoms with Gasteiger partial charge in [-0.2, -0.15) is 0 Å². The smallest absolute Gasteiger partial charge is 0.261 e. The minimum atomic E-state index is -3.80. The zero-order chi connectivity index (χ0) is 19.1. The normalized spacial score (nSPS) is 16.9. The molecule has 1 N–H and O–H groups in total. The summed E-state index contributed by atoms with van der Waals surface area (Å²) in [7, 11) is -3.80. The first kappa shape index (κ1) is 19.1. The molecule has 8 heteroatoms. The summed E-state index contributed by atoms with van der Waals surface area (Å²) in [5.74, 6) is -0.105. The molecule has 26 heavy (non-hydrogen) atoms. The van der Waals surface area contributed by atoms with Crippen LogP contribution in [0.1, 0.15) is 19.4 Å². The van der Waals surface area contributed by atoms with E-state index in [4.69, 9.17) is 11.6 Å². The van der Waals surface area contributed by atoms with Gasteiger partial charge < -0.3 is 4.90 Å². The molecule has 1 heterocycles. The Morgan fingerprint density at radius 1 is 1.27 bits per heavy atom. The molecule has 1 amide bonds. The van der Waals surface area contributed by atoms with Crippen molar-refractivity contribution < 1.29 is 13.2 Å². The van der Waals surface area contributed by atoms with Gasteiger partial charge in [0.1, 0.15) is 0 Å². The number of sulfonamides is 1. The molecule has 3 rings (SSSR count). The molecule has 1 atom stereocenters. The molecule has 2 aromatic rings. The van der Waals surface area contributed by atoms with Gasteiger partial charge in [0.25, 0.3) is 10.0 Å². The number of nitrogens with one attached hydrogen (secondary N) is 1. The summed E-state index contributed by atoms with van der Waals surface area (Å²) in [5.41, 5.74) is 1.83. The number of aryl methyl sites for hydroxylation is 1. The van der Waals surface area contributed by atoms with Gasteiger partial charge in [-0.3, -0.25) is 9.52 Å². The molecule has 0 unspecified atom stereocenters. The SMILES string of the molecule is CC(=O)N1C[C@@H](C)Sc2ccc(S(=O)(=O)Nc3cc(Cl)ccc3C)cc21. The van der Waals surface area contributed by atoms with Gasteiger partial charge in [-0.05, 0) is 42.8 Å². The van der Waals surface area contributed by atoms with Crippen LogP contribution in [0.15, 0.2) is 46.2 Å². The van der Waals surface area contributed by atoms with E-state index in [0.717, 1.165) is 10.5 Å². The summed E-state index contributed by atoms with van der Waals surface area (Å²) in [4.78, 5) is 14.6. The molecule has 0 aromatic heterocycles. The maximum atomic E-state index is 12.8. The van der Waals surface area contributed by atoms with Gasteiger partial charge in [0, 0.05) is 28.6 Å². The summed E-state index contributed by atoms with van der Waals surface area (Å²) in [5, 5.41) is 0.702. The lowest BCUT2D eigenvalue weighted by atomic mass is 10.2. The van der Waals surface area contributed by atoms with Crippen LogP contribution < -0.4 is 9.62 Å². The van der Waals surface area contributed by atoms with E-state index in [0.29, 0.717) is 22.9 Å². The quantitative estimate of drug-likeness (QED) is 0.819. The summed E-state index contributed by atoms with van der Waals surface area (Å²) >= 11 is 7.61. The van der Waals surface area contributed by atoms with Crippen LogP contribution in [0.3, 0.4) is 0 Å². The van der Waals surface area contributed by atoms with Crippen LogP contribution in [0.25, 0.3) is 0 Å². The number of fused-ring (bicyclic) bond motifs is 1. The van der Waals surface area contributed by atoms with Gasteiger partial charge >= 0.3 is 0 Å². The van der Waals surface area contributed by atoms with Crippen molar-refractivity contribution in [3.05, 3.63) is 47.0 Å². The number of anilines is 2. The second-order valence-electron chi connectivity index (χ2n) is 6.25. The van der Waals surface area contributed by atoms with Crippen LogP contribution in [-0.2, 0) is 14.8 Å². The molecule has 0 radical (unpaired) electrons. The molecular formula is C18H19ClN2O3S2. The highest BCUT2D eigenvalue weighted by Gasteiger charge is 2.27. The molecule has 5 nitrogen and oxygen atoms in total. The van der Waals surface area contributed by atoms with Gasteiger partial charge in [0.05, 0.1) is 16.3 Å². The third kappa shape index (κ3) is 3.84. The van der Waals surface area contributed by atoms with E-state index in [-0.39, 0.29) is 16.1 Å². The molecule has 0 aliphatic carbocycles. The largest absolute Gasteiger partial charge is 0.310 e. The molecule has 1 aliphatic heterocycles. The number of carbonyl (C=O) groups excluding carboxylic acids is 1. The highest BCUT2D eigenvalue weighted by atomic mass is 35.5. The van der Waals surface area contributed by atoms with Crippen LogP contribution in [0.2, 0.25) is 5.02 Å². The van der Waals surface area contributed by atoms with Crippen LogP contribution in [0.5, 0.6) is 0 Å². The Labute approximate surface area is 162 Å². The third-order valence-electron chi connectivity index (χ3n) is 4.12. The highest BCUT2D eigenvalue weighted by molar-refractivity contribution is 8.00. The number of hydrogen-bond acceptors (Lipinski definition) is 4. The van der Waals surface area contributed by atoms with E-state index in [1.807, 2.05) is 6.92 Å². The Bertz CT molecular complexity index is 976. The first-order valence-corrected chi connectivity index (χ1v) is 10.8. The van der Waals surface area contributed by atoms with Gasteiger partial charge in [0.2, 0.25) is 5.91 Å². The molecule has 0 fully saturated rings. The monoisotopic (exact) mass is 410 g/mol. The number of halogens is 1. The lowest BCUT2D eigenvalue weighted by Crippen LogP contribution is -2.37. The molecule has 0 saturated heterocycles. The lowest BCUT2D eigenvalue weighted by Gasteiger charge is -2.32. The predicted molar refractivity (Wildman–Crippen MR) is 107 cm³/mol. The zero-order valence-corrected chi connectivity index (χ0v) is 17.0. The van der Waals surface area contributed by atoms with Crippen molar-refractivity contribution >= 4 is 50.7 Å². The second-order valence-corrected chi connectivity index (χ2v) is 9.85. The van der Waals surface area contributed by atoms with Gasteiger partial charge in [-0.1, -0.05) is 24.6 Å². The fraction of sp³-hybridized carbons (Fsp3) is 0.278. The van der Waals surface area contributed by atoms with Crippen LogP contribution in [0.4, 0.5) is 11.4 Å². The number of rotatable bonds is 3. The molecule has 0 spiro atoms. The van der Waals surface area contributed by atoms with E-state index in [1.165, 1.54) is 6.92 Å². The standard InChI is InChI=1S/C18H19ClN2O3S2/c1-11-4-5-14(19)8-16(11)20-26(23,24)15-6-7-18-17(9-15)21(13(3)22)10-12(2)25-18/h4-9,12,20H,10H2,1-3H3/t12-/m1/s1. The summed E-state index contributed by atoms with van der Waals surface area (Å²) in [6.45, 7) is 5.88. The van der Waals surface area contributed by atoms with Gasteiger partial charge in [0.15, 0.2) is 0 Å². The predicted octanol–water partition coefficient (Wildman–Crippen LogP) is 4.30. The molecule has 1 aliphatic rings. The highest BCUT2D eigenvalue weighted by Crippen LogP contribution is 2.40. The maximum absolute atomic E-state index is 12.8. The number of benzene rings is 2. The van der Waals surface area contributed by atoms with E-state index in [2.05, 4.69) is 4.72 Å². The number of nitrogens with zero attached hydrogens (tertiary/aromatic N) is 1. The lowest BCUT2D eigenvalue weighted by molar-refractivity contribution is -0.116. The van der Waals surface area contributed by atoms with Crippen molar-refractivity contribution in [3.63, 3.8) is 0 Å². The number of thioether (sulfide) groups is 1. The first-order valence-electron chi connectivity index (χ1n) is 8.05. The zero-order valence-electron chi connectivity index (χ0n) is 14.6. The molecule has 2 aromatic carbocycles. The molecule has 0 bridgehead atoms. The van der Waals surface area contributed by atoms with E-state index < -0.39 is 10.0 Å². The van der Waals surface area contributed by atoms with Crippen molar-refractivity contribution in [2.45, 2.75) is 35.8 Å². The van der Waals surface area contributed by atoms with Gasteiger partial charge in [-0.25, -0.2) is 8.42 Å². The fourth-order valence-corrected chi connectivity index (χ4v) is 5.20. The Kier molecular flexibility index (Phi) is 5.23. The minimum Gasteiger partial charge on any atom is -0.310 e. The van der Waals surface area contributed by atoms with E-state index in [1.54, 1.807) is 60.0 Å². The third-order valence-corrected chi connectivity index (χ3v) is 6.87. The summed E-state index contributed by atoms with van der Waals surface area (Å²) in [6.07, 6.45) is 0. The Morgan fingerprint density at radius 2 is 2.00 bits per heavy atom. The number of carbonyl (C=O) groups is 1. The van der Waals surface area contributed by atoms with Crippen molar-refractivity contribution in [2.24, 2.45) is 0 Å². The Morgan fingerprint density at radius 3 is 2.69 bits per heavy atom. The number of amides is 1. The Balaban J connectivity index is 2.00. The van der Waals surface area contributed by atoms with Crippen molar-refractivity contribution in [1.82, 2.24) is 0 Å². The van der Waals surface area contributed by atoms with Crippen molar-refractivity contribution in [1.29, 1.82) is 0 Å². The van der Waals surface area contributed by atoms with E-state index in [9.17, 15) is 13.2 Å². The number of hydrogen-bond donors (Lipinski definition) is 1. The van der Waals surface area contributed by atoms with Gasteiger partial charge in [-0.15, -0.1) is 11.8 Å². The van der Waals surface area contributed by atoms with Crippen LogP contribution in [-0.4, -0.2) is 26.1 Å². The average molecular weight is 411 g/mol. The molecular weight excluding hydrogens is 392 g/mol. The van der Waals surface area contributed by atoms with E-state index >= 15 is 0 Å². The van der Waals surface area contributed by atoms with Crippen LogP contribution >= 0.6 is 23.4 Å². The second kappa shape index (κ2) is 7.13. The van der Waals surface area contributed by atoms with Crippen molar-refractivity contribution in [3.8, 4) is 0 Å². The Hall–Kier alpha value is -1.70. The van der Waals surface area contributed by atoms with Crippen molar-refractivity contribution in [2.75, 3.05) is 16.2 Å². The maximum Gasteiger partial charge on any atom is 0.261 e. The average Bonchev–Trinajstić information content (AvgIpc) is 2.56. The molecule has 0 saturated carbocycles. The molecule has 138 valence electrons.